The summed E-state index contributed by atoms with van der Waals surface area (Å²) in [6.07, 6.45) is 3.05. The number of carbonyl (C=O) groups is 2. The Balaban J connectivity index is 2.02. The molecule has 2 aromatic carbocycles. The second-order valence-corrected chi connectivity index (χ2v) is 7.17. The van der Waals surface area contributed by atoms with Crippen LogP contribution in [0, 0.1) is 11.3 Å². The number of nitrogens with two attached hydrogens (primary N) is 1. The van der Waals surface area contributed by atoms with E-state index in [0.717, 1.165) is 0 Å². The molecule has 1 atom stereocenters. The molecule has 0 spiro atoms. The molecule has 2 N–H and O–H groups in total. The SMILES string of the molecule is COC(=O)C1=C(C(=O)OC)N(c2cccc(-n3nccn3)c2)C(N)=C(C#N)C1c1ccccc1. The van der Waals surface area contributed by atoms with Gasteiger partial charge in [-0.3, -0.25) is 4.90 Å². The Hall–Kier alpha value is -4.91. The highest BCUT2D eigenvalue weighted by atomic mass is 16.5. The van der Waals surface area contributed by atoms with E-state index in [1.54, 1.807) is 54.6 Å². The number of nitriles is 1. The lowest BCUT2D eigenvalue weighted by Crippen LogP contribution is -2.40. The van der Waals surface area contributed by atoms with Gasteiger partial charge in [0.15, 0.2) is 0 Å². The number of ether oxygens (including phenoxy) is 2. The quantitative estimate of drug-likeness (QED) is 0.573. The van der Waals surface area contributed by atoms with Gasteiger partial charge in [0.2, 0.25) is 0 Å². The molecule has 0 aliphatic carbocycles. The molecule has 3 aromatic rings. The van der Waals surface area contributed by atoms with Crippen LogP contribution >= 0.6 is 0 Å². The zero-order chi connectivity index (χ0) is 24.2. The zero-order valence-corrected chi connectivity index (χ0v) is 18.4. The van der Waals surface area contributed by atoms with Gasteiger partial charge in [0.1, 0.15) is 11.5 Å². The van der Waals surface area contributed by atoms with Crippen LogP contribution in [0.2, 0.25) is 0 Å². The maximum atomic E-state index is 13.1. The monoisotopic (exact) mass is 456 g/mol. The van der Waals surface area contributed by atoms with Crippen molar-refractivity contribution in [2.45, 2.75) is 5.92 Å². The Morgan fingerprint density at radius 1 is 0.971 bits per heavy atom. The molecule has 2 heterocycles. The summed E-state index contributed by atoms with van der Waals surface area (Å²) in [6, 6.07) is 17.7. The van der Waals surface area contributed by atoms with Crippen molar-refractivity contribution in [3.63, 3.8) is 0 Å². The van der Waals surface area contributed by atoms with Crippen molar-refractivity contribution in [1.82, 2.24) is 15.0 Å². The third-order valence-electron chi connectivity index (χ3n) is 5.35. The van der Waals surface area contributed by atoms with Crippen LogP contribution in [0.1, 0.15) is 11.5 Å². The minimum absolute atomic E-state index is 0.0185. The summed E-state index contributed by atoms with van der Waals surface area (Å²) in [5.74, 6) is -2.55. The third kappa shape index (κ3) is 3.75. The second kappa shape index (κ2) is 9.30. The molecule has 0 amide bonds. The lowest BCUT2D eigenvalue weighted by Gasteiger charge is -2.36. The van der Waals surface area contributed by atoms with E-state index < -0.39 is 17.9 Å². The topological polar surface area (TPSA) is 136 Å². The first-order valence-corrected chi connectivity index (χ1v) is 10.1. The fourth-order valence-electron chi connectivity index (χ4n) is 3.89. The van der Waals surface area contributed by atoms with E-state index in [0.29, 0.717) is 16.9 Å². The molecular formula is C24H20N6O4. The standard InChI is InChI=1S/C24H20N6O4/c1-33-23(31)20-19(15-7-4-3-5-8-15)18(14-25)22(26)29(21(20)24(32)34-2)16-9-6-10-17(13-16)30-27-11-12-28-30/h3-13,19H,26H2,1-2H3. The normalized spacial score (nSPS) is 15.7. The molecule has 0 saturated heterocycles. The minimum Gasteiger partial charge on any atom is -0.466 e. The van der Waals surface area contributed by atoms with E-state index in [-0.39, 0.29) is 22.7 Å². The Bertz CT molecular complexity index is 1340. The van der Waals surface area contributed by atoms with E-state index in [4.69, 9.17) is 15.2 Å². The van der Waals surface area contributed by atoms with Crippen molar-refractivity contribution in [1.29, 1.82) is 5.26 Å². The van der Waals surface area contributed by atoms with Crippen LogP contribution in [0.15, 0.2) is 89.7 Å². The number of esters is 2. The molecule has 0 saturated carbocycles. The van der Waals surface area contributed by atoms with Gasteiger partial charge in [0.05, 0.1) is 61.1 Å². The van der Waals surface area contributed by atoms with Gasteiger partial charge in [-0.15, -0.1) is 0 Å². The number of methoxy groups -OCH3 is 2. The summed E-state index contributed by atoms with van der Waals surface area (Å²) < 4.78 is 10.1. The average Bonchev–Trinajstić information content (AvgIpc) is 3.42. The molecule has 1 aromatic heterocycles. The van der Waals surface area contributed by atoms with Crippen LogP contribution in [0.3, 0.4) is 0 Å². The van der Waals surface area contributed by atoms with E-state index in [1.807, 2.05) is 0 Å². The summed E-state index contributed by atoms with van der Waals surface area (Å²) in [4.78, 5) is 28.9. The van der Waals surface area contributed by atoms with Crippen LogP contribution in [0.4, 0.5) is 5.69 Å². The highest BCUT2D eigenvalue weighted by molar-refractivity contribution is 6.06. The first kappa shape index (κ1) is 22.3. The summed E-state index contributed by atoms with van der Waals surface area (Å²) in [7, 11) is 2.40. The highest BCUT2D eigenvalue weighted by Crippen LogP contribution is 2.43. The number of allylic oxidation sites excluding steroid dienone is 1. The Morgan fingerprint density at radius 2 is 1.62 bits per heavy atom. The van der Waals surface area contributed by atoms with Crippen molar-refractivity contribution < 1.29 is 19.1 Å². The van der Waals surface area contributed by atoms with E-state index >= 15 is 0 Å². The molecule has 1 unspecified atom stereocenters. The fourth-order valence-corrected chi connectivity index (χ4v) is 3.89. The van der Waals surface area contributed by atoms with E-state index in [2.05, 4.69) is 16.3 Å². The van der Waals surface area contributed by atoms with Gasteiger partial charge in [-0.25, -0.2) is 9.59 Å². The van der Waals surface area contributed by atoms with Gasteiger partial charge in [0, 0.05) is 0 Å². The maximum absolute atomic E-state index is 13.1. The van der Waals surface area contributed by atoms with Crippen molar-refractivity contribution in [3.05, 3.63) is 95.2 Å². The van der Waals surface area contributed by atoms with Crippen molar-refractivity contribution in [2.24, 2.45) is 5.73 Å². The van der Waals surface area contributed by atoms with Crippen LogP contribution < -0.4 is 10.6 Å². The van der Waals surface area contributed by atoms with Crippen LogP contribution in [0.25, 0.3) is 5.69 Å². The van der Waals surface area contributed by atoms with Gasteiger partial charge < -0.3 is 15.2 Å². The van der Waals surface area contributed by atoms with E-state index in [9.17, 15) is 14.9 Å². The number of nitrogens with zero attached hydrogens (tertiary/aromatic N) is 5. The van der Waals surface area contributed by atoms with Crippen LogP contribution in [-0.4, -0.2) is 41.2 Å². The van der Waals surface area contributed by atoms with Gasteiger partial charge in [0.25, 0.3) is 0 Å². The molecular weight excluding hydrogens is 436 g/mol. The molecule has 0 radical (unpaired) electrons. The number of aromatic nitrogens is 3. The number of benzene rings is 2. The number of hydrogen-bond acceptors (Lipinski definition) is 9. The number of anilines is 1. The molecule has 34 heavy (non-hydrogen) atoms. The second-order valence-electron chi connectivity index (χ2n) is 7.17. The zero-order valence-electron chi connectivity index (χ0n) is 18.4. The van der Waals surface area contributed by atoms with Gasteiger partial charge >= 0.3 is 11.9 Å². The third-order valence-corrected chi connectivity index (χ3v) is 5.35. The van der Waals surface area contributed by atoms with Crippen molar-refractivity contribution in [2.75, 3.05) is 19.1 Å². The van der Waals surface area contributed by atoms with E-state index in [1.165, 1.54) is 36.3 Å². The predicted molar refractivity (Wildman–Crippen MR) is 121 cm³/mol. The summed E-state index contributed by atoms with van der Waals surface area (Å²) in [6.45, 7) is 0. The molecule has 0 fully saturated rings. The average molecular weight is 456 g/mol. The molecule has 10 heteroatoms. The summed E-state index contributed by atoms with van der Waals surface area (Å²) in [5.41, 5.74) is 7.94. The lowest BCUT2D eigenvalue weighted by atomic mass is 9.81. The molecule has 170 valence electrons. The molecule has 0 bridgehead atoms. The summed E-state index contributed by atoms with van der Waals surface area (Å²) >= 11 is 0. The molecule has 4 rings (SSSR count). The van der Waals surface area contributed by atoms with Crippen molar-refractivity contribution in [3.8, 4) is 11.8 Å². The number of carbonyl (C=O) groups excluding carboxylic acids is 2. The molecule has 1 aliphatic heterocycles. The number of rotatable bonds is 5. The van der Waals surface area contributed by atoms with Crippen molar-refractivity contribution >= 4 is 17.6 Å². The fraction of sp³-hybridized carbons (Fsp3) is 0.125. The number of hydrogen-bond donors (Lipinski definition) is 1. The minimum atomic E-state index is -0.931. The van der Waals surface area contributed by atoms with Crippen LogP contribution in [-0.2, 0) is 19.1 Å². The Labute approximate surface area is 195 Å². The lowest BCUT2D eigenvalue weighted by molar-refractivity contribution is -0.139. The first-order chi connectivity index (χ1) is 16.5. The van der Waals surface area contributed by atoms with Gasteiger partial charge in [-0.05, 0) is 23.8 Å². The largest absolute Gasteiger partial charge is 0.466 e. The maximum Gasteiger partial charge on any atom is 0.355 e. The predicted octanol–water partition coefficient (Wildman–Crippen LogP) is 2.17. The molecule has 1 aliphatic rings. The molecule has 10 nitrogen and oxygen atoms in total. The van der Waals surface area contributed by atoms with Crippen LogP contribution in [0.5, 0.6) is 0 Å². The Kier molecular flexibility index (Phi) is 6.09. The van der Waals surface area contributed by atoms with Gasteiger partial charge in [-0.1, -0.05) is 36.4 Å². The Morgan fingerprint density at radius 3 is 2.24 bits per heavy atom. The summed E-state index contributed by atoms with van der Waals surface area (Å²) in [5, 5.41) is 18.3. The first-order valence-electron chi connectivity index (χ1n) is 10.1. The smallest absolute Gasteiger partial charge is 0.355 e. The van der Waals surface area contributed by atoms with Gasteiger partial charge in [-0.2, -0.15) is 20.3 Å². The highest BCUT2D eigenvalue weighted by Gasteiger charge is 2.43.